The van der Waals surface area contributed by atoms with E-state index in [4.69, 9.17) is 14.2 Å². The van der Waals surface area contributed by atoms with E-state index in [0.29, 0.717) is 27.9 Å². The van der Waals surface area contributed by atoms with Crippen LogP contribution in [0.25, 0.3) is 22.0 Å². The monoisotopic (exact) mass is 470 g/mol. The summed E-state index contributed by atoms with van der Waals surface area (Å²) < 4.78 is 36.8. The molecule has 33 heavy (non-hydrogen) atoms. The SMILES string of the molecule is C=COC(=O)CC(O)C(c1c(C(C)C)nc2ccccc2c1-c1ccc(F)cc1)[P+](=O)OC. The van der Waals surface area contributed by atoms with Crippen LogP contribution in [0.2, 0.25) is 0 Å². The number of halogens is 1. The second kappa shape index (κ2) is 10.8. The van der Waals surface area contributed by atoms with Crippen molar-refractivity contribution in [2.24, 2.45) is 0 Å². The third-order valence-corrected chi connectivity index (χ3v) is 6.71. The maximum Gasteiger partial charge on any atom is 0.518 e. The van der Waals surface area contributed by atoms with Crippen molar-refractivity contribution in [3.8, 4) is 11.1 Å². The molecule has 8 heteroatoms. The molecule has 0 fully saturated rings. The van der Waals surface area contributed by atoms with E-state index in [1.54, 1.807) is 12.1 Å². The molecule has 1 heterocycles. The van der Waals surface area contributed by atoms with Crippen molar-refractivity contribution in [2.75, 3.05) is 7.11 Å². The van der Waals surface area contributed by atoms with Gasteiger partial charge in [0, 0.05) is 16.5 Å². The highest BCUT2D eigenvalue weighted by atomic mass is 31.1. The van der Waals surface area contributed by atoms with Crippen LogP contribution in [0.4, 0.5) is 4.39 Å². The number of pyridine rings is 1. The van der Waals surface area contributed by atoms with Gasteiger partial charge in [0.05, 0.1) is 31.0 Å². The molecule has 1 aromatic heterocycles. The summed E-state index contributed by atoms with van der Waals surface area (Å²) >= 11 is 0. The number of ether oxygens (including phenoxy) is 1. The minimum Gasteiger partial charge on any atom is -0.435 e. The lowest BCUT2D eigenvalue weighted by molar-refractivity contribution is -0.140. The normalized spacial score (nSPS) is 13.6. The van der Waals surface area contributed by atoms with Crippen LogP contribution in [0.1, 0.15) is 43.1 Å². The predicted molar refractivity (Wildman–Crippen MR) is 125 cm³/mol. The van der Waals surface area contributed by atoms with Gasteiger partial charge >= 0.3 is 14.0 Å². The van der Waals surface area contributed by atoms with Crippen LogP contribution in [-0.4, -0.2) is 29.3 Å². The van der Waals surface area contributed by atoms with Crippen molar-refractivity contribution < 1.29 is 28.1 Å². The zero-order valence-electron chi connectivity index (χ0n) is 18.7. The average molecular weight is 470 g/mol. The Morgan fingerprint density at radius 2 is 1.88 bits per heavy atom. The zero-order chi connectivity index (χ0) is 24.1. The number of carbonyl (C=O) groups excluding carboxylic acids is 1. The van der Waals surface area contributed by atoms with Crippen molar-refractivity contribution in [3.05, 3.63) is 78.4 Å². The Bertz CT molecular complexity index is 1180. The molecule has 0 saturated heterocycles. The van der Waals surface area contributed by atoms with E-state index < -0.39 is 38.0 Å². The Morgan fingerprint density at radius 1 is 1.21 bits per heavy atom. The van der Waals surface area contributed by atoms with Crippen molar-refractivity contribution in [3.63, 3.8) is 0 Å². The number of aliphatic hydroxyl groups is 1. The first-order valence-electron chi connectivity index (χ1n) is 10.5. The van der Waals surface area contributed by atoms with Gasteiger partial charge in [-0.2, -0.15) is 0 Å². The van der Waals surface area contributed by atoms with Gasteiger partial charge in [0.25, 0.3) is 0 Å². The number of para-hydroxylation sites is 1. The van der Waals surface area contributed by atoms with E-state index in [0.717, 1.165) is 11.6 Å². The molecule has 1 N–H and O–H groups in total. The summed E-state index contributed by atoms with van der Waals surface area (Å²) in [6, 6.07) is 13.4. The highest BCUT2D eigenvalue weighted by Crippen LogP contribution is 2.51. The number of hydrogen-bond acceptors (Lipinski definition) is 6. The van der Waals surface area contributed by atoms with Crippen LogP contribution >= 0.6 is 8.03 Å². The number of aliphatic hydroxyl groups excluding tert-OH is 1. The number of esters is 1. The smallest absolute Gasteiger partial charge is 0.435 e. The van der Waals surface area contributed by atoms with Gasteiger partial charge in [-0.25, -0.2) is 4.39 Å². The van der Waals surface area contributed by atoms with Gasteiger partial charge in [0.1, 0.15) is 11.9 Å². The number of carbonyl (C=O) groups is 1. The second-order valence-corrected chi connectivity index (χ2v) is 9.30. The lowest BCUT2D eigenvalue weighted by Gasteiger charge is -2.23. The van der Waals surface area contributed by atoms with E-state index in [-0.39, 0.29) is 5.92 Å². The number of hydrogen-bond donors (Lipinski definition) is 1. The average Bonchev–Trinajstić information content (AvgIpc) is 2.79. The van der Waals surface area contributed by atoms with Gasteiger partial charge in [0.2, 0.25) is 5.66 Å². The first-order valence-corrected chi connectivity index (χ1v) is 11.7. The molecule has 2 aromatic carbocycles. The molecule has 0 aliphatic heterocycles. The maximum atomic E-state index is 13.7. The van der Waals surface area contributed by atoms with E-state index in [2.05, 4.69) is 6.58 Å². The van der Waals surface area contributed by atoms with E-state index in [1.807, 2.05) is 38.1 Å². The molecular weight excluding hydrogens is 444 g/mol. The molecule has 6 nitrogen and oxygen atoms in total. The fourth-order valence-electron chi connectivity index (χ4n) is 3.89. The van der Waals surface area contributed by atoms with Crippen LogP contribution in [0.5, 0.6) is 0 Å². The van der Waals surface area contributed by atoms with E-state index in [1.165, 1.54) is 19.2 Å². The lowest BCUT2D eigenvalue weighted by Crippen LogP contribution is -2.23. The maximum absolute atomic E-state index is 13.7. The molecule has 0 bridgehead atoms. The number of benzene rings is 2. The fourth-order valence-corrected chi connectivity index (χ4v) is 4.97. The molecule has 172 valence electrons. The summed E-state index contributed by atoms with van der Waals surface area (Å²) in [6.07, 6.45) is -0.837. The fraction of sp³-hybridized carbons (Fsp3) is 0.280. The van der Waals surface area contributed by atoms with Crippen LogP contribution in [-0.2, 0) is 18.6 Å². The van der Waals surface area contributed by atoms with Gasteiger partial charge in [0.15, 0.2) is 0 Å². The number of aromatic nitrogens is 1. The first kappa shape index (κ1) is 24.6. The molecule has 0 amide bonds. The number of nitrogens with zero attached hydrogens (tertiary/aromatic N) is 1. The largest absolute Gasteiger partial charge is 0.518 e. The second-order valence-electron chi connectivity index (χ2n) is 7.81. The zero-order valence-corrected chi connectivity index (χ0v) is 19.6. The quantitative estimate of drug-likeness (QED) is 0.233. The summed E-state index contributed by atoms with van der Waals surface area (Å²) in [7, 11) is -1.17. The summed E-state index contributed by atoms with van der Waals surface area (Å²) in [4.78, 5) is 16.9. The number of rotatable bonds is 9. The highest BCUT2D eigenvalue weighted by molar-refractivity contribution is 7.39. The number of fused-ring (bicyclic) bond motifs is 1. The highest BCUT2D eigenvalue weighted by Gasteiger charge is 2.45. The molecule has 0 spiro atoms. The molecule has 3 unspecified atom stereocenters. The van der Waals surface area contributed by atoms with Gasteiger partial charge < -0.3 is 9.84 Å². The van der Waals surface area contributed by atoms with E-state index in [9.17, 15) is 18.9 Å². The van der Waals surface area contributed by atoms with E-state index >= 15 is 0 Å². The topological polar surface area (TPSA) is 85.7 Å². The Balaban J connectivity index is 2.38. The van der Waals surface area contributed by atoms with Crippen molar-refractivity contribution in [1.29, 1.82) is 0 Å². The van der Waals surface area contributed by atoms with Gasteiger partial charge in [-0.3, -0.25) is 9.78 Å². The minimum atomic E-state index is -2.45. The minimum absolute atomic E-state index is 0.112. The lowest BCUT2D eigenvalue weighted by atomic mass is 9.87. The standard InChI is InChI=1S/C25H26FNO5P/c1-5-32-21(29)14-20(28)25(33(30)31-4)23-22(16-10-12-17(26)13-11-16)18-8-6-7-9-19(18)27-24(23)15(2)3/h5-13,15,20,25,28H,1,14H2,2-4H3/q+1. The Kier molecular flexibility index (Phi) is 8.03. The van der Waals surface area contributed by atoms with Gasteiger partial charge in [-0.05, 0) is 34.2 Å². The molecular formula is C25H26FNO5P+. The molecule has 0 aliphatic carbocycles. The predicted octanol–water partition coefficient (Wildman–Crippen LogP) is 6.03. The van der Waals surface area contributed by atoms with Crippen LogP contribution in [0.3, 0.4) is 0 Å². The van der Waals surface area contributed by atoms with Crippen LogP contribution in [0, 0.1) is 5.82 Å². The van der Waals surface area contributed by atoms with Crippen LogP contribution < -0.4 is 0 Å². The van der Waals surface area contributed by atoms with Gasteiger partial charge in [-0.15, -0.1) is 4.52 Å². The molecule has 3 rings (SSSR count). The molecule has 0 radical (unpaired) electrons. The molecule has 0 aliphatic rings. The Hall–Kier alpha value is -2.99. The Labute approximate surface area is 192 Å². The third kappa shape index (κ3) is 5.33. The third-order valence-electron chi connectivity index (χ3n) is 5.30. The summed E-state index contributed by atoms with van der Waals surface area (Å²) in [5, 5.41) is 11.8. The summed E-state index contributed by atoms with van der Waals surface area (Å²) in [6.45, 7) is 7.22. The first-order chi connectivity index (χ1) is 15.8. The molecule has 0 saturated carbocycles. The molecule has 3 atom stereocenters. The van der Waals surface area contributed by atoms with Crippen molar-refractivity contribution >= 4 is 24.9 Å². The van der Waals surface area contributed by atoms with Crippen molar-refractivity contribution in [1.82, 2.24) is 4.98 Å². The van der Waals surface area contributed by atoms with Gasteiger partial charge in [-0.1, -0.05) is 50.8 Å². The molecule has 3 aromatic rings. The van der Waals surface area contributed by atoms with Crippen molar-refractivity contribution in [2.45, 2.75) is 37.9 Å². The Morgan fingerprint density at radius 3 is 2.48 bits per heavy atom. The summed E-state index contributed by atoms with van der Waals surface area (Å²) in [5.41, 5.74) is 2.04. The van der Waals surface area contributed by atoms with Crippen LogP contribution in [0.15, 0.2) is 61.4 Å². The summed E-state index contributed by atoms with van der Waals surface area (Å²) in [5.74, 6) is -1.22.